The van der Waals surface area contributed by atoms with E-state index in [0.29, 0.717) is 26.2 Å². The van der Waals surface area contributed by atoms with Crippen molar-refractivity contribution in [3.63, 3.8) is 0 Å². The van der Waals surface area contributed by atoms with Crippen LogP contribution in [0.4, 0.5) is 4.39 Å². The van der Waals surface area contributed by atoms with E-state index in [2.05, 4.69) is 11.6 Å². The van der Waals surface area contributed by atoms with Gasteiger partial charge in [-0.25, -0.2) is 14.2 Å². The fraction of sp³-hybridized carbons (Fsp3) is 0.125. The third-order valence-corrected chi connectivity index (χ3v) is 5.84. The molecule has 0 radical (unpaired) electrons. The van der Waals surface area contributed by atoms with Crippen molar-refractivity contribution in [3.8, 4) is 0 Å². The Balaban J connectivity index is 1.92. The van der Waals surface area contributed by atoms with Crippen molar-refractivity contribution in [2.45, 2.75) is 13.0 Å². The van der Waals surface area contributed by atoms with Crippen molar-refractivity contribution in [1.29, 1.82) is 0 Å². The first-order chi connectivity index (χ1) is 15.0. The predicted molar refractivity (Wildman–Crippen MR) is 118 cm³/mol. The Kier molecular flexibility index (Phi) is 5.77. The largest absolute Gasteiger partial charge is 0.458 e. The summed E-state index contributed by atoms with van der Waals surface area (Å²) in [5.41, 5.74) is 2.01. The Hall–Kier alpha value is -3.58. The topological polar surface area (TPSA) is 60.7 Å². The molecule has 2 aromatic carbocycles. The number of thiazole rings is 1. The second kappa shape index (κ2) is 8.65. The lowest BCUT2D eigenvalue weighted by atomic mass is 9.96. The van der Waals surface area contributed by atoms with E-state index >= 15 is 0 Å². The first-order valence-corrected chi connectivity index (χ1v) is 10.4. The minimum absolute atomic E-state index is 0.0616. The molecule has 1 aliphatic rings. The Bertz CT molecular complexity index is 1350. The zero-order valence-electron chi connectivity index (χ0n) is 16.7. The second-order valence-electron chi connectivity index (χ2n) is 6.93. The molecule has 0 N–H and O–H groups in total. The molecule has 5 nitrogen and oxygen atoms in total. The molecule has 7 heteroatoms. The molecule has 0 bridgehead atoms. The van der Waals surface area contributed by atoms with Gasteiger partial charge in [0.2, 0.25) is 0 Å². The van der Waals surface area contributed by atoms with Crippen LogP contribution in [0.2, 0.25) is 0 Å². The zero-order valence-corrected chi connectivity index (χ0v) is 17.6. The molecule has 0 fully saturated rings. The van der Waals surface area contributed by atoms with E-state index in [-0.39, 0.29) is 18.0 Å². The molecular weight excluding hydrogens is 415 g/mol. The summed E-state index contributed by atoms with van der Waals surface area (Å²) in [7, 11) is 0. The zero-order chi connectivity index (χ0) is 22.0. The molecule has 0 amide bonds. The van der Waals surface area contributed by atoms with Crippen LogP contribution in [-0.4, -0.2) is 17.1 Å². The van der Waals surface area contributed by atoms with Gasteiger partial charge in [-0.3, -0.25) is 9.36 Å². The summed E-state index contributed by atoms with van der Waals surface area (Å²) in [5, 5.41) is 0. The van der Waals surface area contributed by atoms with Crippen LogP contribution in [0.15, 0.2) is 88.3 Å². The fourth-order valence-corrected chi connectivity index (χ4v) is 4.50. The van der Waals surface area contributed by atoms with Crippen molar-refractivity contribution in [2.75, 3.05) is 6.61 Å². The van der Waals surface area contributed by atoms with Gasteiger partial charge in [-0.1, -0.05) is 66.5 Å². The molecule has 0 saturated carbocycles. The van der Waals surface area contributed by atoms with Gasteiger partial charge < -0.3 is 4.74 Å². The van der Waals surface area contributed by atoms with E-state index < -0.39 is 12.0 Å². The quantitative estimate of drug-likeness (QED) is 0.458. The summed E-state index contributed by atoms with van der Waals surface area (Å²) in [6.45, 7) is 5.37. The molecule has 0 aliphatic carbocycles. The number of hydrogen-bond acceptors (Lipinski definition) is 5. The molecule has 1 aromatic heterocycles. The number of benzene rings is 2. The maximum atomic E-state index is 13.4. The van der Waals surface area contributed by atoms with E-state index in [1.54, 1.807) is 25.1 Å². The number of rotatable bonds is 5. The molecule has 1 unspecified atom stereocenters. The summed E-state index contributed by atoms with van der Waals surface area (Å²) in [6, 6.07) is 14.5. The van der Waals surface area contributed by atoms with Gasteiger partial charge in [0, 0.05) is 0 Å². The molecule has 31 heavy (non-hydrogen) atoms. The number of esters is 1. The van der Waals surface area contributed by atoms with Gasteiger partial charge in [0.15, 0.2) is 4.80 Å². The number of aromatic nitrogens is 1. The van der Waals surface area contributed by atoms with Crippen molar-refractivity contribution in [1.82, 2.24) is 4.57 Å². The summed E-state index contributed by atoms with van der Waals surface area (Å²) in [4.78, 5) is 31.2. The monoisotopic (exact) mass is 434 g/mol. The van der Waals surface area contributed by atoms with Crippen molar-refractivity contribution < 1.29 is 13.9 Å². The lowest BCUT2D eigenvalue weighted by Gasteiger charge is -2.24. The average molecular weight is 434 g/mol. The van der Waals surface area contributed by atoms with E-state index in [4.69, 9.17) is 4.74 Å². The van der Waals surface area contributed by atoms with Crippen LogP contribution in [0, 0.1) is 5.82 Å². The lowest BCUT2D eigenvalue weighted by molar-refractivity contribution is -0.138. The highest BCUT2D eigenvalue weighted by molar-refractivity contribution is 7.07. The van der Waals surface area contributed by atoms with Crippen LogP contribution in [0.1, 0.15) is 24.1 Å². The molecule has 4 rings (SSSR count). The van der Waals surface area contributed by atoms with Crippen LogP contribution < -0.4 is 14.9 Å². The number of halogens is 1. The molecule has 3 aromatic rings. The predicted octanol–water partition coefficient (Wildman–Crippen LogP) is 3.10. The first-order valence-electron chi connectivity index (χ1n) is 9.60. The van der Waals surface area contributed by atoms with E-state index in [0.717, 1.165) is 5.56 Å². The molecule has 156 valence electrons. The highest BCUT2D eigenvalue weighted by Crippen LogP contribution is 2.30. The summed E-state index contributed by atoms with van der Waals surface area (Å²) < 4.78 is 20.5. The fourth-order valence-electron chi connectivity index (χ4n) is 3.46. The molecule has 0 saturated heterocycles. The number of nitrogens with zero attached hydrogens (tertiary/aromatic N) is 2. The van der Waals surface area contributed by atoms with Gasteiger partial charge in [0.25, 0.3) is 5.56 Å². The van der Waals surface area contributed by atoms with Crippen molar-refractivity contribution in [3.05, 3.63) is 115 Å². The maximum absolute atomic E-state index is 13.4. The highest BCUT2D eigenvalue weighted by Gasteiger charge is 2.33. The van der Waals surface area contributed by atoms with Crippen molar-refractivity contribution >= 4 is 23.4 Å². The molecule has 1 aliphatic heterocycles. The number of fused-ring (bicyclic) bond motifs is 1. The Morgan fingerprint density at radius 1 is 1.23 bits per heavy atom. The highest BCUT2D eigenvalue weighted by atomic mass is 32.1. The minimum Gasteiger partial charge on any atom is -0.458 e. The number of hydrogen-bond donors (Lipinski definition) is 0. The Morgan fingerprint density at radius 2 is 1.94 bits per heavy atom. The number of carbonyl (C=O) groups excluding carboxylic acids is 1. The summed E-state index contributed by atoms with van der Waals surface area (Å²) >= 11 is 1.23. The summed E-state index contributed by atoms with van der Waals surface area (Å²) in [6.07, 6.45) is 3.18. The van der Waals surface area contributed by atoms with Gasteiger partial charge in [-0.2, -0.15) is 0 Å². The SMILES string of the molecule is C=CCOC(=O)C1=C(C)N=c2sc(=Cc3ccc(F)cc3)c(=O)n2C1c1ccccc1. The van der Waals surface area contributed by atoms with Crippen LogP contribution in [0.3, 0.4) is 0 Å². The van der Waals surface area contributed by atoms with E-state index in [9.17, 15) is 14.0 Å². The van der Waals surface area contributed by atoms with Crippen LogP contribution in [0.5, 0.6) is 0 Å². The maximum Gasteiger partial charge on any atom is 0.338 e. The molecule has 2 heterocycles. The van der Waals surface area contributed by atoms with Gasteiger partial charge >= 0.3 is 5.97 Å². The average Bonchev–Trinajstić information content (AvgIpc) is 3.07. The van der Waals surface area contributed by atoms with Gasteiger partial charge in [-0.05, 0) is 36.3 Å². The van der Waals surface area contributed by atoms with E-state index in [1.807, 2.05) is 30.3 Å². The van der Waals surface area contributed by atoms with Crippen LogP contribution >= 0.6 is 11.3 Å². The van der Waals surface area contributed by atoms with E-state index in [1.165, 1.54) is 34.1 Å². The standard InChI is InChI=1S/C24H19FN2O3S/c1-3-13-30-23(29)20-15(2)26-24-27(21(20)17-7-5-4-6-8-17)22(28)19(31-24)14-16-9-11-18(25)12-10-16/h3-12,14,21H,1,13H2,2H3. The third-order valence-electron chi connectivity index (χ3n) is 4.86. The third kappa shape index (κ3) is 4.04. The first kappa shape index (κ1) is 20.7. The smallest absolute Gasteiger partial charge is 0.338 e. The Labute approximate surface area is 181 Å². The normalized spacial score (nSPS) is 15.9. The summed E-state index contributed by atoms with van der Waals surface area (Å²) in [5.74, 6) is -0.885. The van der Waals surface area contributed by atoms with Crippen molar-refractivity contribution in [2.24, 2.45) is 4.99 Å². The van der Waals surface area contributed by atoms with Crippen LogP contribution in [-0.2, 0) is 9.53 Å². The molecule has 0 spiro atoms. The van der Waals surface area contributed by atoms with Gasteiger partial charge in [0.05, 0.1) is 21.8 Å². The molecular formula is C24H19FN2O3S. The van der Waals surface area contributed by atoms with Gasteiger partial charge in [0.1, 0.15) is 12.4 Å². The Morgan fingerprint density at radius 3 is 2.61 bits per heavy atom. The second-order valence-corrected chi connectivity index (χ2v) is 7.94. The number of ether oxygens (including phenoxy) is 1. The minimum atomic E-state index is -0.662. The lowest BCUT2D eigenvalue weighted by Crippen LogP contribution is -2.39. The number of allylic oxidation sites excluding steroid dienone is 1. The molecule has 1 atom stereocenters. The van der Waals surface area contributed by atoms with Gasteiger partial charge in [-0.15, -0.1) is 0 Å². The van der Waals surface area contributed by atoms with Crippen LogP contribution in [0.25, 0.3) is 6.08 Å². The number of carbonyl (C=O) groups is 1.